The van der Waals surface area contributed by atoms with Gasteiger partial charge in [-0.3, -0.25) is 9.59 Å². The normalized spacial score (nSPS) is 14.9. The van der Waals surface area contributed by atoms with Gasteiger partial charge in [0.25, 0.3) is 0 Å². The van der Waals surface area contributed by atoms with E-state index < -0.39 is 0 Å². The third kappa shape index (κ3) is 11.0. The molecule has 61 heavy (non-hydrogen) atoms. The third-order valence-electron chi connectivity index (χ3n) is 12.0. The second-order valence-corrected chi connectivity index (χ2v) is 15.5. The number of aliphatic hydroxyl groups is 2. The van der Waals surface area contributed by atoms with Crippen molar-refractivity contribution in [1.29, 1.82) is 0 Å². The first-order chi connectivity index (χ1) is 28.2. The van der Waals surface area contributed by atoms with Gasteiger partial charge in [0.2, 0.25) is 0 Å². The maximum absolute atomic E-state index is 13.3. The Balaban J connectivity index is 0.000000256. The monoisotopic (exact) mass is 874 g/mol. The minimum Gasteiger partial charge on any atom is -0.497 e. The number of fused-ring (bicyclic) bond motifs is 2. The van der Waals surface area contributed by atoms with Crippen molar-refractivity contribution in [3.8, 4) is 11.5 Å². The molecule has 2 aliphatic rings. The number of aromatic nitrogens is 2. The number of rotatable bonds is 12. The number of likely N-dealkylation sites (tertiary alicyclic amines) is 2. The summed E-state index contributed by atoms with van der Waals surface area (Å²) in [6, 6.07) is 30.9. The molecule has 0 bridgehead atoms. The first-order valence-corrected chi connectivity index (χ1v) is 20.5. The molecule has 0 spiro atoms. The van der Waals surface area contributed by atoms with Crippen LogP contribution in [0.2, 0.25) is 0 Å². The Kier molecular flexibility index (Phi) is 18.0. The number of para-hydroxylation sites is 2. The average molecular weight is 876 g/mol. The molecule has 6 aromatic rings. The van der Waals surface area contributed by atoms with Gasteiger partial charge in [0, 0.05) is 96.7 Å². The number of hydrogen-bond donors (Lipinski definition) is 2. The molecular formula is C48H60Cl2N4O7. The predicted octanol–water partition coefficient (Wildman–Crippen LogP) is 7.31. The van der Waals surface area contributed by atoms with E-state index in [1.54, 1.807) is 14.2 Å². The van der Waals surface area contributed by atoms with Crippen LogP contribution < -0.4 is 9.47 Å². The zero-order chi connectivity index (χ0) is 40.8. The molecule has 0 saturated carbocycles. The lowest BCUT2D eigenvalue weighted by atomic mass is 10.0. The summed E-state index contributed by atoms with van der Waals surface area (Å²) in [5, 5.41) is 21.5. The van der Waals surface area contributed by atoms with Crippen LogP contribution in [0.1, 0.15) is 68.9 Å². The Hall–Kier alpha value is -4.72. The van der Waals surface area contributed by atoms with Crippen molar-refractivity contribution >= 4 is 58.2 Å². The summed E-state index contributed by atoms with van der Waals surface area (Å²) < 4.78 is 14.9. The first kappa shape index (κ1) is 48.9. The first-order valence-electron chi connectivity index (χ1n) is 20.5. The molecular weight excluding hydrogens is 815 g/mol. The highest BCUT2D eigenvalue weighted by atomic mass is 35.5. The van der Waals surface area contributed by atoms with Crippen LogP contribution in [0, 0.1) is 13.8 Å². The second kappa shape index (κ2) is 22.4. The Bertz CT molecular complexity index is 2180. The lowest BCUT2D eigenvalue weighted by Gasteiger charge is -2.29. The van der Waals surface area contributed by atoms with E-state index in [0.29, 0.717) is 11.1 Å². The lowest BCUT2D eigenvalue weighted by molar-refractivity contribution is 0.0808. The quantitative estimate of drug-likeness (QED) is 0.122. The highest BCUT2D eigenvalue weighted by Crippen LogP contribution is 2.31. The number of methoxy groups -OCH3 is 2. The van der Waals surface area contributed by atoms with Gasteiger partial charge in [-0.1, -0.05) is 36.4 Å². The molecule has 11 nitrogen and oxygen atoms in total. The van der Waals surface area contributed by atoms with E-state index in [2.05, 4.69) is 31.1 Å². The molecule has 0 aliphatic carbocycles. The van der Waals surface area contributed by atoms with Crippen LogP contribution in [0.15, 0.2) is 97.1 Å². The number of aliphatic hydroxyl groups excluding tert-OH is 2. The van der Waals surface area contributed by atoms with Crippen molar-refractivity contribution in [2.24, 2.45) is 0 Å². The number of carbonyl (C=O) groups is 2. The topological polar surface area (TPSA) is 141 Å². The number of benzene rings is 4. The average Bonchev–Trinajstić information content (AvgIpc) is 3.71. The SMILES string of the molecule is COc1ccc(C(=O)c2c(C)n(CCN3CCC(O)CC3)c3ccccc23)cc1.COc1ccc(C(=O)c2c(C)n(CCN3CCC(O)CC3)c3ccccc23)cc1.Cl.Cl.O. The molecule has 2 aliphatic heterocycles. The fraction of sp³-hybridized carbons (Fsp3) is 0.375. The van der Waals surface area contributed by atoms with Gasteiger partial charge < -0.3 is 44.1 Å². The van der Waals surface area contributed by atoms with Gasteiger partial charge in [-0.2, -0.15) is 0 Å². The summed E-state index contributed by atoms with van der Waals surface area (Å²) in [5.74, 6) is 1.57. The Morgan fingerprint density at radius 1 is 0.541 bits per heavy atom. The van der Waals surface area contributed by atoms with Crippen LogP contribution in [0.5, 0.6) is 11.5 Å². The minimum absolute atomic E-state index is 0. The number of ether oxygens (including phenoxy) is 2. The molecule has 0 atom stereocenters. The third-order valence-corrected chi connectivity index (χ3v) is 12.0. The molecule has 4 aromatic carbocycles. The molecule has 2 saturated heterocycles. The fourth-order valence-corrected chi connectivity index (χ4v) is 8.55. The predicted molar refractivity (Wildman–Crippen MR) is 248 cm³/mol. The summed E-state index contributed by atoms with van der Waals surface area (Å²) in [4.78, 5) is 31.5. The van der Waals surface area contributed by atoms with Crippen LogP contribution in [-0.4, -0.2) is 112 Å². The molecule has 0 radical (unpaired) electrons. The molecule has 2 aromatic heterocycles. The van der Waals surface area contributed by atoms with E-state index in [-0.39, 0.29) is 54.1 Å². The van der Waals surface area contributed by atoms with E-state index in [0.717, 1.165) is 134 Å². The van der Waals surface area contributed by atoms with Crippen molar-refractivity contribution in [1.82, 2.24) is 18.9 Å². The maximum atomic E-state index is 13.3. The van der Waals surface area contributed by atoms with Crippen molar-refractivity contribution in [3.63, 3.8) is 0 Å². The van der Waals surface area contributed by atoms with Crippen LogP contribution in [-0.2, 0) is 13.1 Å². The summed E-state index contributed by atoms with van der Waals surface area (Å²) in [6.07, 6.45) is 3.04. The van der Waals surface area contributed by atoms with E-state index in [4.69, 9.17) is 9.47 Å². The molecule has 0 amide bonds. The number of hydrogen-bond acceptors (Lipinski definition) is 8. The number of nitrogens with zero attached hydrogens (tertiary/aromatic N) is 4. The van der Waals surface area contributed by atoms with Crippen LogP contribution in [0.25, 0.3) is 21.8 Å². The van der Waals surface area contributed by atoms with Crippen LogP contribution in [0.4, 0.5) is 0 Å². The van der Waals surface area contributed by atoms with Crippen molar-refractivity contribution in [2.45, 2.75) is 64.8 Å². The summed E-state index contributed by atoms with van der Waals surface area (Å²) >= 11 is 0. The van der Waals surface area contributed by atoms with Gasteiger partial charge in [-0.15, -0.1) is 24.8 Å². The van der Waals surface area contributed by atoms with E-state index in [1.807, 2.05) is 98.8 Å². The van der Waals surface area contributed by atoms with E-state index in [1.165, 1.54) is 0 Å². The van der Waals surface area contributed by atoms with Gasteiger partial charge >= 0.3 is 0 Å². The molecule has 13 heteroatoms. The Labute approximate surface area is 371 Å². The number of carbonyl (C=O) groups excluding carboxylic acids is 2. The van der Waals surface area contributed by atoms with Gasteiger partial charge in [0.05, 0.1) is 37.6 Å². The largest absolute Gasteiger partial charge is 0.497 e. The molecule has 4 N–H and O–H groups in total. The Morgan fingerprint density at radius 2 is 0.869 bits per heavy atom. The van der Waals surface area contributed by atoms with Crippen molar-refractivity contribution in [3.05, 3.63) is 131 Å². The van der Waals surface area contributed by atoms with Gasteiger partial charge in [0.15, 0.2) is 11.6 Å². The summed E-state index contributed by atoms with van der Waals surface area (Å²) in [6.45, 7) is 11.3. The number of halogens is 2. The molecule has 0 unspecified atom stereocenters. The van der Waals surface area contributed by atoms with Gasteiger partial charge in [-0.05, 0) is 100 Å². The molecule has 4 heterocycles. The number of ketones is 2. The number of piperidine rings is 2. The van der Waals surface area contributed by atoms with Crippen molar-refractivity contribution < 1.29 is 34.8 Å². The molecule has 2 fully saturated rings. The zero-order valence-corrected chi connectivity index (χ0v) is 37.1. The summed E-state index contributed by atoms with van der Waals surface area (Å²) in [5.41, 5.74) is 7.09. The van der Waals surface area contributed by atoms with Crippen LogP contribution >= 0.6 is 24.8 Å². The van der Waals surface area contributed by atoms with E-state index in [9.17, 15) is 19.8 Å². The summed E-state index contributed by atoms with van der Waals surface area (Å²) in [7, 11) is 3.25. The smallest absolute Gasteiger partial charge is 0.195 e. The van der Waals surface area contributed by atoms with Gasteiger partial charge in [-0.25, -0.2) is 0 Å². The zero-order valence-electron chi connectivity index (χ0n) is 35.5. The maximum Gasteiger partial charge on any atom is 0.195 e. The lowest BCUT2D eigenvalue weighted by Crippen LogP contribution is -2.37. The van der Waals surface area contributed by atoms with Crippen LogP contribution in [0.3, 0.4) is 0 Å². The highest BCUT2D eigenvalue weighted by Gasteiger charge is 2.24. The molecule has 328 valence electrons. The van der Waals surface area contributed by atoms with Gasteiger partial charge in [0.1, 0.15) is 11.5 Å². The van der Waals surface area contributed by atoms with E-state index >= 15 is 0 Å². The van der Waals surface area contributed by atoms with Crippen molar-refractivity contribution in [2.75, 3.05) is 53.5 Å². The fourth-order valence-electron chi connectivity index (χ4n) is 8.55. The Morgan fingerprint density at radius 3 is 1.20 bits per heavy atom. The standard InChI is InChI=1S/2C24H28N2O3.2ClH.H2O/c2*1-17-23(24(28)18-7-9-20(29-2)10-8-18)21-5-3-4-6-22(21)26(17)16-15-25-13-11-19(27)12-14-25;;;/h2*3-10,19,27H,11-16H2,1-2H3;2*1H;1H2. The highest BCUT2D eigenvalue weighted by molar-refractivity contribution is 6.18. The minimum atomic E-state index is -0.158. The molecule has 8 rings (SSSR count). The second-order valence-electron chi connectivity index (χ2n) is 15.5.